The van der Waals surface area contributed by atoms with Crippen molar-refractivity contribution in [3.05, 3.63) is 51.1 Å². The first kappa shape index (κ1) is 13.1. The molecule has 0 heterocycles. The van der Waals surface area contributed by atoms with Gasteiger partial charge in [0, 0.05) is 18.1 Å². The topological polar surface area (TPSA) is 60.2 Å². The summed E-state index contributed by atoms with van der Waals surface area (Å²) >= 11 is 0. The molecule has 4 nitrogen and oxygen atoms in total. The van der Waals surface area contributed by atoms with Crippen LogP contribution in [0.5, 0.6) is 0 Å². The predicted molar refractivity (Wildman–Crippen MR) is 66.0 cm³/mol. The summed E-state index contributed by atoms with van der Waals surface area (Å²) in [6, 6.07) is 4.94. The van der Waals surface area contributed by atoms with E-state index in [0.717, 1.165) is 5.56 Å². The zero-order valence-electron chi connectivity index (χ0n) is 10.2. The van der Waals surface area contributed by atoms with Crippen LogP contribution >= 0.6 is 0 Å². The second kappa shape index (κ2) is 5.39. The summed E-state index contributed by atoms with van der Waals surface area (Å²) in [5.41, 5.74) is 2.22. The van der Waals surface area contributed by atoms with Crippen LogP contribution in [0.25, 0.3) is 0 Å². The number of carbonyl (C=O) groups is 1. The first-order valence-corrected chi connectivity index (χ1v) is 5.36. The molecule has 4 heteroatoms. The van der Waals surface area contributed by atoms with Gasteiger partial charge in [0.25, 0.3) is 5.69 Å². The molecule has 17 heavy (non-hydrogen) atoms. The van der Waals surface area contributed by atoms with Gasteiger partial charge in [-0.1, -0.05) is 18.2 Å². The maximum atomic E-state index is 11.3. The van der Waals surface area contributed by atoms with Crippen molar-refractivity contribution in [2.75, 3.05) is 0 Å². The number of ketones is 1. The van der Waals surface area contributed by atoms with Crippen molar-refractivity contribution in [2.24, 2.45) is 0 Å². The first-order valence-electron chi connectivity index (χ1n) is 5.36. The molecule has 0 bridgehead atoms. The number of Topliss-reactive ketones (excluding diaryl/α,β-unsaturated/α-hetero) is 1. The fraction of sp³-hybridized carbons (Fsp3) is 0.308. The highest BCUT2D eigenvalue weighted by molar-refractivity contribution is 5.93. The summed E-state index contributed by atoms with van der Waals surface area (Å²) in [4.78, 5) is 21.7. The van der Waals surface area contributed by atoms with E-state index in [1.165, 1.54) is 13.0 Å². The number of benzene rings is 1. The molecule has 1 rings (SSSR count). The lowest BCUT2D eigenvalue weighted by atomic mass is 9.97. The van der Waals surface area contributed by atoms with E-state index in [-0.39, 0.29) is 11.5 Å². The van der Waals surface area contributed by atoms with Gasteiger partial charge in [0.1, 0.15) is 0 Å². The van der Waals surface area contributed by atoms with E-state index < -0.39 is 4.92 Å². The predicted octanol–water partition coefficient (Wildman–Crippen LogP) is 2.98. The average molecular weight is 233 g/mol. The van der Waals surface area contributed by atoms with Crippen LogP contribution in [0.4, 0.5) is 5.69 Å². The summed E-state index contributed by atoms with van der Waals surface area (Å²) in [6.07, 6.45) is 2.19. The quantitative estimate of drug-likeness (QED) is 0.456. The Morgan fingerprint density at radius 2 is 2.12 bits per heavy atom. The van der Waals surface area contributed by atoms with Crippen LogP contribution in [0.3, 0.4) is 0 Å². The average Bonchev–Trinajstić information content (AvgIpc) is 2.26. The third-order valence-corrected chi connectivity index (χ3v) is 2.80. The lowest BCUT2D eigenvalue weighted by Gasteiger charge is -2.07. The Bertz CT molecular complexity index is 489. The number of allylic oxidation sites excluding steroid dienone is 2. The highest BCUT2D eigenvalue weighted by atomic mass is 16.6. The molecule has 0 amide bonds. The molecule has 0 spiro atoms. The van der Waals surface area contributed by atoms with Crippen LogP contribution in [0.1, 0.15) is 25.0 Å². The monoisotopic (exact) mass is 233 g/mol. The van der Waals surface area contributed by atoms with E-state index in [4.69, 9.17) is 0 Å². The standard InChI is InChI=1S/C13H15NO3/c1-4-11(10(3)15)8-12-6-5-7-13(9(12)2)14(16)17/h4-7H,8H2,1-3H3/b11-4+. The second-order valence-electron chi connectivity index (χ2n) is 3.87. The van der Waals surface area contributed by atoms with E-state index in [1.54, 1.807) is 26.0 Å². The van der Waals surface area contributed by atoms with Crippen molar-refractivity contribution in [1.29, 1.82) is 0 Å². The third-order valence-electron chi connectivity index (χ3n) is 2.80. The number of carbonyl (C=O) groups excluding carboxylic acids is 1. The molecule has 0 aromatic heterocycles. The molecule has 0 aliphatic heterocycles. The van der Waals surface area contributed by atoms with Crippen molar-refractivity contribution >= 4 is 11.5 Å². The van der Waals surface area contributed by atoms with Crippen LogP contribution in [0.2, 0.25) is 0 Å². The van der Waals surface area contributed by atoms with Gasteiger partial charge in [0.15, 0.2) is 5.78 Å². The van der Waals surface area contributed by atoms with Gasteiger partial charge in [-0.25, -0.2) is 0 Å². The molecule has 0 atom stereocenters. The van der Waals surface area contributed by atoms with Crippen LogP contribution in [0, 0.1) is 17.0 Å². The Morgan fingerprint density at radius 1 is 1.47 bits per heavy atom. The fourth-order valence-electron chi connectivity index (χ4n) is 1.69. The number of nitrogens with zero attached hydrogens (tertiary/aromatic N) is 1. The Labute approximate surface area is 100 Å². The molecule has 0 unspecified atom stereocenters. The summed E-state index contributed by atoms with van der Waals surface area (Å²) in [5, 5.41) is 10.8. The SMILES string of the molecule is C/C=C(\Cc1cccc([N+](=O)[O-])c1C)C(C)=O. The van der Waals surface area contributed by atoms with Gasteiger partial charge in [-0.15, -0.1) is 0 Å². The van der Waals surface area contributed by atoms with E-state index in [9.17, 15) is 14.9 Å². The Hall–Kier alpha value is -1.97. The molecule has 0 radical (unpaired) electrons. The van der Waals surface area contributed by atoms with Crippen molar-refractivity contribution < 1.29 is 9.72 Å². The van der Waals surface area contributed by atoms with Gasteiger partial charge < -0.3 is 0 Å². The Balaban J connectivity index is 3.12. The van der Waals surface area contributed by atoms with E-state index in [2.05, 4.69) is 0 Å². The minimum atomic E-state index is -0.401. The van der Waals surface area contributed by atoms with E-state index >= 15 is 0 Å². The minimum absolute atomic E-state index is 0.00148. The van der Waals surface area contributed by atoms with Gasteiger partial charge in [0.2, 0.25) is 0 Å². The fourth-order valence-corrected chi connectivity index (χ4v) is 1.69. The van der Waals surface area contributed by atoms with Gasteiger partial charge in [0.05, 0.1) is 4.92 Å². The highest BCUT2D eigenvalue weighted by Gasteiger charge is 2.14. The van der Waals surface area contributed by atoms with E-state index in [0.29, 0.717) is 17.6 Å². The van der Waals surface area contributed by atoms with Gasteiger partial charge >= 0.3 is 0 Å². The molecule has 0 saturated heterocycles. The number of rotatable bonds is 4. The van der Waals surface area contributed by atoms with E-state index in [1.807, 2.05) is 6.07 Å². The Morgan fingerprint density at radius 3 is 2.59 bits per heavy atom. The summed E-state index contributed by atoms with van der Waals surface area (Å²) in [5.74, 6) is -0.00148. The summed E-state index contributed by atoms with van der Waals surface area (Å²) in [6.45, 7) is 5.01. The largest absolute Gasteiger partial charge is 0.295 e. The lowest BCUT2D eigenvalue weighted by molar-refractivity contribution is -0.385. The molecule has 0 fully saturated rings. The molecular weight excluding hydrogens is 218 g/mol. The van der Waals surface area contributed by atoms with Crippen molar-refractivity contribution in [3.8, 4) is 0 Å². The number of hydrogen-bond donors (Lipinski definition) is 0. The van der Waals surface area contributed by atoms with Gasteiger partial charge in [-0.3, -0.25) is 14.9 Å². The molecule has 0 aliphatic carbocycles. The molecule has 90 valence electrons. The molecule has 0 N–H and O–H groups in total. The van der Waals surface area contributed by atoms with Crippen LogP contribution in [-0.4, -0.2) is 10.7 Å². The third kappa shape index (κ3) is 3.00. The van der Waals surface area contributed by atoms with Crippen LogP contribution in [-0.2, 0) is 11.2 Å². The van der Waals surface area contributed by atoms with Crippen molar-refractivity contribution in [1.82, 2.24) is 0 Å². The molecule has 0 aliphatic rings. The maximum Gasteiger partial charge on any atom is 0.272 e. The summed E-state index contributed by atoms with van der Waals surface area (Å²) < 4.78 is 0. The lowest BCUT2D eigenvalue weighted by Crippen LogP contribution is -2.03. The van der Waals surface area contributed by atoms with Crippen molar-refractivity contribution in [3.63, 3.8) is 0 Å². The smallest absolute Gasteiger partial charge is 0.272 e. The Kier molecular flexibility index (Phi) is 4.15. The molecular formula is C13H15NO3. The number of nitro benzene ring substituents is 1. The zero-order chi connectivity index (χ0) is 13.0. The van der Waals surface area contributed by atoms with Gasteiger partial charge in [-0.2, -0.15) is 0 Å². The number of nitro groups is 1. The second-order valence-corrected chi connectivity index (χ2v) is 3.87. The van der Waals surface area contributed by atoms with Crippen LogP contribution < -0.4 is 0 Å². The molecule has 1 aromatic carbocycles. The van der Waals surface area contributed by atoms with Crippen LogP contribution in [0.15, 0.2) is 29.8 Å². The summed E-state index contributed by atoms with van der Waals surface area (Å²) in [7, 11) is 0. The first-order chi connectivity index (χ1) is 7.97. The van der Waals surface area contributed by atoms with Crippen molar-refractivity contribution in [2.45, 2.75) is 27.2 Å². The minimum Gasteiger partial charge on any atom is -0.295 e. The maximum absolute atomic E-state index is 11.3. The zero-order valence-corrected chi connectivity index (χ0v) is 10.2. The highest BCUT2D eigenvalue weighted by Crippen LogP contribution is 2.23. The number of hydrogen-bond acceptors (Lipinski definition) is 3. The van der Waals surface area contributed by atoms with Gasteiger partial charge in [-0.05, 0) is 31.9 Å². The molecule has 1 aromatic rings. The molecule has 0 saturated carbocycles. The normalized spacial score (nSPS) is 11.4.